The van der Waals surface area contributed by atoms with Crippen molar-refractivity contribution >= 4 is 17.2 Å². The first-order valence-electron chi connectivity index (χ1n) is 13.1. The molecule has 10 heteroatoms. The molecule has 41 heavy (non-hydrogen) atoms. The Balaban J connectivity index is 1.28. The minimum atomic E-state index is -0.280. The number of benzene rings is 1. The largest absolute Gasteiger partial charge is 0.497 e. The minimum Gasteiger partial charge on any atom is -0.497 e. The molecule has 1 fully saturated rings. The van der Waals surface area contributed by atoms with Gasteiger partial charge in [-0.3, -0.25) is 9.48 Å². The van der Waals surface area contributed by atoms with Crippen LogP contribution in [0.25, 0.3) is 27.8 Å². The number of methoxy groups -OCH3 is 1. The van der Waals surface area contributed by atoms with Gasteiger partial charge in [0.1, 0.15) is 17.6 Å². The standard InChI is InChI=1S/C31H26N8O2/c1-3-30(40)37-12-10-36(11-13-37)29-9-6-23(16-33-29)28-14-24(21-39-31(28)25(15-32)17-35-39)26-18-34-38(20-26)19-22-4-7-27(41-2)8-5-22/h1,4-9,14,16-18,20-21H,10-13,19H2,2H3. The number of carbonyl (C=O) groups is 1. The van der Waals surface area contributed by atoms with Gasteiger partial charge in [0.15, 0.2) is 0 Å². The summed E-state index contributed by atoms with van der Waals surface area (Å²) in [4.78, 5) is 20.3. The van der Waals surface area contributed by atoms with Gasteiger partial charge in [0.25, 0.3) is 5.91 Å². The van der Waals surface area contributed by atoms with Crippen LogP contribution in [0.2, 0.25) is 0 Å². The molecule has 4 aromatic heterocycles. The van der Waals surface area contributed by atoms with Gasteiger partial charge in [-0.25, -0.2) is 9.50 Å². The van der Waals surface area contributed by atoms with E-state index in [2.05, 4.69) is 27.1 Å². The SMILES string of the molecule is C#CC(=O)N1CCN(c2ccc(-c3cc(-c4cnn(Cc5ccc(OC)cc5)c4)cn4ncc(C#N)c34)cn2)CC1. The fourth-order valence-electron chi connectivity index (χ4n) is 5.06. The number of fused-ring (bicyclic) bond motifs is 1. The molecule has 0 saturated carbocycles. The van der Waals surface area contributed by atoms with Gasteiger partial charge < -0.3 is 14.5 Å². The molecule has 1 amide bonds. The second kappa shape index (κ2) is 10.9. The Morgan fingerprint density at radius 1 is 0.976 bits per heavy atom. The fraction of sp³-hybridized carbons (Fsp3) is 0.194. The van der Waals surface area contributed by atoms with E-state index in [0.29, 0.717) is 38.3 Å². The molecule has 202 valence electrons. The average molecular weight is 543 g/mol. The zero-order chi connectivity index (χ0) is 28.3. The second-order valence-corrected chi connectivity index (χ2v) is 9.71. The van der Waals surface area contributed by atoms with Gasteiger partial charge in [0, 0.05) is 67.0 Å². The maximum absolute atomic E-state index is 11.8. The van der Waals surface area contributed by atoms with Gasteiger partial charge >= 0.3 is 0 Å². The molecule has 6 rings (SSSR count). The summed E-state index contributed by atoms with van der Waals surface area (Å²) in [6.45, 7) is 3.05. The quantitative estimate of drug-likeness (QED) is 0.303. The van der Waals surface area contributed by atoms with Crippen LogP contribution >= 0.6 is 0 Å². The Labute approximate surface area is 237 Å². The number of amides is 1. The Morgan fingerprint density at radius 3 is 2.46 bits per heavy atom. The summed E-state index contributed by atoms with van der Waals surface area (Å²) in [7, 11) is 1.65. The first-order chi connectivity index (χ1) is 20.1. The molecular weight excluding hydrogens is 516 g/mol. The lowest BCUT2D eigenvalue weighted by Gasteiger charge is -2.34. The molecule has 0 spiro atoms. The van der Waals surface area contributed by atoms with E-state index in [4.69, 9.17) is 16.1 Å². The van der Waals surface area contributed by atoms with Crippen LogP contribution in [0.4, 0.5) is 5.82 Å². The van der Waals surface area contributed by atoms with Crippen LogP contribution in [0.1, 0.15) is 11.1 Å². The Hall–Kier alpha value is -5.61. The zero-order valence-corrected chi connectivity index (χ0v) is 22.4. The van der Waals surface area contributed by atoms with Crippen LogP contribution in [0, 0.1) is 23.7 Å². The third kappa shape index (κ3) is 5.07. The highest BCUT2D eigenvalue weighted by atomic mass is 16.5. The summed E-state index contributed by atoms with van der Waals surface area (Å²) in [6.07, 6.45) is 14.4. The highest BCUT2D eigenvalue weighted by Gasteiger charge is 2.21. The molecule has 0 unspecified atom stereocenters. The van der Waals surface area contributed by atoms with Crippen LogP contribution in [-0.2, 0) is 11.3 Å². The van der Waals surface area contributed by atoms with E-state index < -0.39 is 0 Å². The van der Waals surface area contributed by atoms with E-state index in [9.17, 15) is 10.1 Å². The van der Waals surface area contributed by atoms with Crippen molar-refractivity contribution in [1.29, 1.82) is 5.26 Å². The lowest BCUT2D eigenvalue weighted by atomic mass is 10.0. The smallest absolute Gasteiger partial charge is 0.298 e. The van der Waals surface area contributed by atoms with Gasteiger partial charge in [0.2, 0.25) is 0 Å². The van der Waals surface area contributed by atoms with Crippen molar-refractivity contribution in [3.8, 4) is 46.4 Å². The van der Waals surface area contributed by atoms with Gasteiger partial charge in [0.05, 0.1) is 37.1 Å². The van der Waals surface area contributed by atoms with Gasteiger partial charge in [-0.2, -0.15) is 15.5 Å². The van der Waals surface area contributed by atoms with E-state index in [1.165, 1.54) is 0 Å². The number of terminal acetylenes is 1. The molecule has 10 nitrogen and oxygen atoms in total. The highest BCUT2D eigenvalue weighted by Crippen LogP contribution is 2.32. The molecule has 0 radical (unpaired) electrons. The van der Waals surface area contributed by atoms with E-state index in [0.717, 1.165) is 44.9 Å². The van der Waals surface area contributed by atoms with Crippen LogP contribution in [0.3, 0.4) is 0 Å². The van der Waals surface area contributed by atoms with E-state index in [1.54, 1.807) is 22.7 Å². The highest BCUT2D eigenvalue weighted by molar-refractivity contribution is 5.93. The lowest BCUT2D eigenvalue weighted by Crippen LogP contribution is -2.48. The average Bonchev–Trinajstić information content (AvgIpc) is 3.68. The number of nitrogens with zero attached hydrogens (tertiary/aromatic N) is 8. The van der Waals surface area contributed by atoms with Crippen LogP contribution in [0.15, 0.2) is 73.4 Å². The van der Waals surface area contributed by atoms with Crippen molar-refractivity contribution in [3.05, 3.63) is 84.6 Å². The first kappa shape index (κ1) is 25.7. The van der Waals surface area contributed by atoms with Gasteiger partial charge in [-0.1, -0.05) is 12.1 Å². The van der Waals surface area contributed by atoms with E-state index in [1.807, 2.05) is 71.9 Å². The molecule has 0 N–H and O–H groups in total. The van der Waals surface area contributed by atoms with Gasteiger partial charge in [-0.05, 0) is 41.8 Å². The maximum Gasteiger partial charge on any atom is 0.298 e. The number of pyridine rings is 2. The van der Waals surface area contributed by atoms with Crippen molar-refractivity contribution in [2.45, 2.75) is 6.54 Å². The molecule has 5 aromatic rings. The monoisotopic (exact) mass is 542 g/mol. The van der Waals surface area contributed by atoms with Crippen LogP contribution in [0.5, 0.6) is 5.75 Å². The molecule has 1 aliphatic heterocycles. The fourth-order valence-corrected chi connectivity index (χ4v) is 5.06. The molecule has 1 saturated heterocycles. The lowest BCUT2D eigenvalue weighted by molar-refractivity contribution is -0.125. The third-order valence-corrected chi connectivity index (χ3v) is 7.28. The summed E-state index contributed by atoms with van der Waals surface area (Å²) in [6, 6.07) is 16.2. The molecular formula is C31H26N8O2. The number of ether oxygens (including phenoxy) is 1. The maximum atomic E-state index is 11.8. The molecule has 1 aliphatic rings. The van der Waals surface area contributed by atoms with E-state index in [-0.39, 0.29) is 5.91 Å². The van der Waals surface area contributed by atoms with E-state index >= 15 is 0 Å². The summed E-state index contributed by atoms with van der Waals surface area (Å²) in [5.41, 5.74) is 5.88. The number of anilines is 1. The number of hydrogen-bond acceptors (Lipinski definition) is 7. The first-order valence-corrected chi connectivity index (χ1v) is 13.1. The van der Waals surface area contributed by atoms with Crippen molar-refractivity contribution < 1.29 is 9.53 Å². The molecule has 5 heterocycles. The Bertz CT molecular complexity index is 1800. The Morgan fingerprint density at radius 2 is 1.78 bits per heavy atom. The normalized spacial score (nSPS) is 13.1. The number of nitriles is 1. The number of rotatable bonds is 6. The molecule has 0 bridgehead atoms. The van der Waals surface area contributed by atoms with Crippen molar-refractivity contribution in [2.24, 2.45) is 0 Å². The summed E-state index contributed by atoms with van der Waals surface area (Å²) < 4.78 is 8.87. The number of carbonyl (C=O) groups excluding carboxylic acids is 1. The van der Waals surface area contributed by atoms with Crippen LogP contribution < -0.4 is 9.64 Å². The molecule has 1 aromatic carbocycles. The number of piperazine rings is 1. The topological polar surface area (TPSA) is 105 Å². The Kier molecular flexibility index (Phi) is 6.80. The predicted octanol–water partition coefficient (Wildman–Crippen LogP) is 3.47. The number of aromatic nitrogens is 5. The van der Waals surface area contributed by atoms with Gasteiger partial charge in [-0.15, -0.1) is 6.42 Å². The summed E-state index contributed by atoms with van der Waals surface area (Å²) in [5.74, 6) is 3.54. The summed E-state index contributed by atoms with van der Waals surface area (Å²) in [5, 5.41) is 18.8. The van der Waals surface area contributed by atoms with Crippen LogP contribution in [-0.4, -0.2) is 68.5 Å². The zero-order valence-electron chi connectivity index (χ0n) is 22.4. The second-order valence-electron chi connectivity index (χ2n) is 9.71. The predicted molar refractivity (Wildman–Crippen MR) is 154 cm³/mol. The summed E-state index contributed by atoms with van der Waals surface area (Å²) >= 11 is 0. The van der Waals surface area contributed by atoms with Crippen molar-refractivity contribution in [2.75, 3.05) is 38.2 Å². The number of hydrogen-bond donors (Lipinski definition) is 0. The molecule has 0 aliphatic carbocycles. The molecule has 0 atom stereocenters. The third-order valence-electron chi connectivity index (χ3n) is 7.28. The van der Waals surface area contributed by atoms with Crippen molar-refractivity contribution in [3.63, 3.8) is 0 Å². The van der Waals surface area contributed by atoms with Crippen molar-refractivity contribution in [1.82, 2.24) is 29.3 Å². The minimum absolute atomic E-state index is 0.280.